The largest absolute Gasteiger partial charge is 0.454 e. The molecular weight excluding hydrogens is 330 g/mol. The summed E-state index contributed by atoms with van der Waals surface area (Å²) >= 11 is 0. The standard InChI is InChI=1S/C19H19N5O2/c1-13-3-2-4-14(7-13)10-21-19-23-18(11-22-24-19)20-9-15-5-6-16-17(8-15)26-12-25-16/h2-8,11H,9-10,12H2,1H3,(H2,20,21,23,24). The number of hydrogen-bond donors (Lipinski definition) is 2. The first-order chi connectivity index (χ1) is 12.8. The highest BCUT2D eigenvalue weighted by Crippen LogP contribution is 2.32. The van der Waals surface area contributed by atoms with E-state index in [9.17, 15) is 0 Å². The van der Waals surface area contributed by atoms with Gasteiger partial charge in [0.05, 0.1) is 6.20 Å². The van der Waals surface area contributed by atoms with E-state index in [2.05, 4.69) is 50.9 Å². The average Bonchev–Trinajstić information content (AvgIpc) is 3.13. The highest BCUT2D eigenvalue weighted by Gasteiger charge is 2.13. The van der Waals surface area contributed by atoms with Crippen molar-refractivity contribution < 1.29 is 9.47 Å². The molecule has 0 atom stereocenters. The van der Waals surface area contributed by atoms with Crippen molar-refractivity contribution in [3.63, 3.8) is 0 Å². The van der Waals surface area contributed by atoms with Crippen molar-refractivity contribution in [2.45, 2.75) is 20.0 Å². The first-order valence-corrected chi connectivity index (χ1v) is 8.38. The van der Waals surface area contributed by atoms with E-state index < -0.39 is 0 Å². The molecular formula is C19H19N5O2. The topological polar surface area (TPSA) is 81.2 Å². The number of nitrogens with zero attached hydrogens (tertiary/aromatic N) is 3. The van der Waals surface area contributed by atoms with Gasteiger partial charge in [-0.1, -0.05) is 35.9 Å². The summed E-state index contributed by atoms with van der Waals surface area (Å²) in [6, 6.07) is 14.2. The van der Waals surface area contributed by atoms with Crippen molar-refractivity contribution in [1.82, 2.24) is 15.2 Å². The van der Waals surface area contributed by atoms with E-state index >= 15 is 0 Å². The van der Waals surface area contributed by atoms with Crippen LogP contribution in [0.15, 0.2) is 48.7 Å². The Labute approximate surface area is 151 Å². The number of aromatic nitrogens is 3. The predicted molar refractivity (Wildman–Crippen MR) is 98.2 cm³/mol. The molecule has 2 heterocycles. The van der Waals surface area contributed by atoms with Gasteiger partial charge in [0, 0.05) is 13.1 Å². The molecule has 0 bridgehead atoms. The first-order valence-electron chi connectivity index (χ1n) is 8.38. The van der Waals surface area contributed by atoms with Gasteiger partial charge in [-0.15, -0.1) is 5.10 Å². The molecule has 2 N–H and O–H groups in total. The third kappa shape index (κ3) is 3.83. The van der Waals surface area contributed by atoms with Crippen molar-refractivity contribution in [2.75, 3.05) is 17.4 Å². The van der Waals surface area contributed by atoms with Gasteiger partial charge in [0.15, 0.2) is 17.3 Å². The van der Waals surface area contributed by atoms with Crippen molar-refractivity contribution in [3.8, 4) is 11.5 Å². The lowest BCUT2D eigenvalue weighted by Crippen LogP contribution is -2.08. The quantitative estimate of drug-likeness (QED) is 0.707. The van der Waals surface area contributed by atoms with Crippen LogP contribution in [0.4, 0.5) is 11.8 Å². The molecule has 0 saturated heterocycles. The van der Waals surface area contributed by atoms with Crippen molar-refractivity contribution >= 4 is 11.8 Å². The molecule has 0 fully saturated rings. The second-order valence-electron chi connectivity index (χ2n) is 6.05. The second kappa shape index (κ2) is 7.26. The van der Waals surface area contributed by atoms with E-state index in [-0.39, 0.29) is 6.79 Å². The van der Waals surface area contributed by atoms with Gasteiger partial charge in [0.1, 0.15) is 0 Å². The fraction of sp³-hybridized carbons (Fsp3) is 0.211. The molecule has 0 unspecified atom stereocenters. The van der Waals surface area contributed by atoms with Crippen LogP contribution in [0.1, 0.15) is 16.7 Å². The highest BCUT2D eigenvalue weighted by atomic mass is 16.7. The molecule has 132 valence electrons. The summed E-state index contributed by atoms with van der Waals surface area (Å²) in [5, 5.41) is 14.5. The smallest absolute Gasteiger partial charge is 0.244 e. The Balaban J connectivity index is 1.36. The molecule has 2 aromatic carbocycles. The van der Waals surface area contributed by atoms with Crippen molar-refractivity contribution in [1.29, 1.82) is 0 Å². The van der Waals surface area contributed by atoms with Crippen LogP contribution in [-0.2, 0) is 13.1 Å². The van der Waals surface area contributed by atoms with E-state index in [0.717, 1.165) is 17.1 Å². The van der Waals surface area contributed by atoms with Gasteiger partial charge in [0.25, 0.3) is 0 Å². The summed E-state index contributed by atoms with van der Waals surface area (Å²) in [4.78, 5) is 4.45. The molecule has 4 rings (SSSR count). The minimum absolute atomic E-state index is 0.276. The Hall–Kier alpha value is -3.35. The number of anilines is 2. The van der Waals surface area contributed by atoms with Gasteiger partial charge in [-0.05, 0) is 30.2 Å². The van der Waals surface area contributed by atoms with Crippen LogP contribution >= 0.6 is 0 Å². The molecule has 26 heavy (non-hydrogen) atoms. The van der Waals surface area contributed by atoms with Gasteiger partial charge in [-0.25, -0.2) is 0 Å². The SMILES string of the molecule is Cc1cccc(CNc2nncc(NCc3ccc4c(c3)OCO4)n2)c1. The molecule has 0 aliphatic carbocycles. The van der Waals surface area contributed by atoms with Crippen LogP contribution in [-0.4, -0.2) is 22.0 Å². The molecule has 0 saturated carbocycles. The molecule has 3 aromatic rings. The minimum Gasteiger partial charge on any atom is -0.454 e. The molecule has 7 heteroatoms. The summed E-state index contributed by atoms with van der Waals surface area (Å²) in [5.41, 5.74) is 3.47. The van der Waals surface area contributed by atoms with Gasteiger partial charge in [-0.2, -0.15) is 10.1 Å². The van der Waals surface area contributed by atoms with E-state index in [4.69, 9.17) is 9.47 Å². The minimum atomic E-state index is 0.276. The zero-order valence-corrected chi connectivity index (χ0v) is 14.4. The van der Waals surface area contributed by atoms with Crippen LogP contribution in [0.3, 0.4) is 0 Å². The Morgan fingerprint density at radius 3 is 2.73 bits per heavy atom. The average molecular weight is 349 g/mol. The monoisotopic (exact) mass is 349 g/mol. The summed E-state index contributed by atoms with van der Waals surface area (Å²) in [7, 11) is 0. The third-order valence-corrected chi connectivity index (χ3v) is 4.00. The van der Waals surface area contributed by atoms with Crippen LogP contribution in [0, 0.1) is 6.92 Å². The van der Waals surface area contributed by atoms with Crippen LogP contribution < -0.4 is 20.1 Å². The molecule has 1 aliphatic heterocycles. The zero-order valence-electron chi connectivity index (χ0n) is 14.4. The maximum atomic E-state index is 5.39. The molecule has 0 spiro atoms. The number of hydrogen-bond acceptors (Lipinski definition) is 7. The highest BCUT2D eigenvalue weighted by molar-refractivity contribution is 5.46. The van der Waals surface area contributed by atoms with Crippen molar-refractivity contribution in [3.05, 3.63) is 65.4 Å². The van der Waals surface area contributed by atoms with Crippen LogP contribution in [0.5, 0.6) is 11.5 Å². The lowest BCUT2D eigenvalue weighted by Gasteiger charge is -2.08. The maximum absolute atomic E-state index is 5.39. The number of ether oxygens (including phenoxy) is 2. The van der Waals surface area contributed by atoms with Gasteiger partial charge >= 0.3 is 0 Å². The first kappa shape index (κ1) is 16.1. The van der Waals surface area contributed by atoms with Crippen LogP contribution in [0.2, 0.25) is 0 Å². The van der Waals surface area contributed by atoms with E-state index in [1.165, 1.54) is 11.1 Å². The number of nitrogens with one attached hydrogen (secondary N) is 2. The molecule has 0 amide bonds. The summed E-state index contributed by atoms with van der Waals surface area (Å²) < 4.78 is 10.7. The van der Waals surface area contributed by atoms with E-state index in [1.807, 2.05) is 24.3 Å². The lowest BCUT2D eigenvalue weighted by atomic mass is 10.1. The second-order valence-corrected chi connectivity index (χ2v) is 6.05. The summed E-state index contributed by atoms with van der Waals surface area (Å²) in [5.74, 6) is 2.69. The van der Waals surface area contributed by atoms with Gasteiger partial charge in [-0.3, -0.25) is 0 Å². The van der Waals surface area contributed by atoms with Crippen molar-refractivity contribution in [2.24, 2.45) is 0 Å². The number of fused-ring (bicyclic) bond motifs is 1. The number of benzene rings is 2. The number of rotatable bonds is 6. The molecule has 1 aromatic heterocycles. The fourth-order valence-electron chi connectivity index (χ4n) is 2.71. The zero-order chi connectivity index (χ0) is 17.8. The Kier molecular flexibility index (Phi) is 4.51. The lowest BCUT2D eigenvalue weighted by molar-refractivity contribution is 0.174. The van der Waals surface area contributed by atoms with Gasteiger partial charge < -0.3 is 20.1 Å². The fourth-order valence-corrected chi connectivity index (χ4v) is 2.71. The summed E-state index contributed by atoms with van der Waals surface area (Å²) in [6.45, 7) is 3.60. The Bertz CT molecular complexity index is 916. The number of aryl methyl sites for hydroxylation is 1. The molecule has 0 radical (unpaired) electrons. The Morgan fingerprint density at radius 1 is 0.962 bits per heavy atom. The molecule has 1 aliphatic rings. The van der Waals surface area contributed by atoms with E-state index in [1.54, 1.807) is 6.20 Å². The Morgan fingerprint density at radius 2 is 1.81 bits per heavy atom. The predicted octanol–water partition coefficient (Wildman–Crippen LogP) is 3.13. The van der Waals surface area contributed by atoms with E-state index in [0.29, 0.717) is 24.9 Å². The normalized spacial score (nSPS) is 12.0. The maximum Gasteiger partial charge on any atom is 0.244 e. The molecule has 7 nitrogen and oxygen atoms in total. The summed E-state index contributed by atoms with van der Waals surface area (Å²) in [6.07, 6.45) is 1.60. The van der Waals surface area contributed by atoms with Crippen LogP contribution in [0.25, 0.3) is 0 Å². The third-order valence-electron chi connectivity index (χ3n) is 4.00. The van der Waals surface area contributed by atoms with Gasteiger partial charge in [0.2, 0.25) is 12.7 Å².